The summed E-state index contributed by atoms with van der Waals surface area (Å²) in [6, 6.07) is 8.50. The van der Waals surface area contributed by atoms with Gasteiger partial charge in [0.25, 0.3) is 10.0 Å². The van der Waals surface area contributed by atoms with Crippen molar-refractivity contribution < 1.29 is 13.2 Å². The lowest BCUT2D eigenvalue weighted by atomic mass is 10.3. The highest BCUT2D eigenvalue weighted by atomic mass is 79.9. The number of rotatable bonds is 4. The Kier molecular flexibility index (Phi) is 4.04. The van der Waals surface area contributed by atoms with Crippen molar-refractivity contribution >= 4 is 26.0 Å². The number of methoxy groups -OCH3 is 1. The summed E-state index contributed by atoms with van der Waals surface area (Å²) in [5, 5.41) is 9.32. The van der Waals surface area contributed by atoms with Crippen LogP contribution in [0.1, 0.15) is 5.69 Å². The zero-order chi connectivity index (χ0) is 14.0. The van der Waals surface area contributed by atoms with Gasteiger partial charge in [0.05, 0.1) is 18.0 Å². The van der Waals surface area contributed by atoms with E-state index in [2.05, 4.69) is 21.0 Å². The van der Waals surface area contributed by atoms with Crippen molar-refractivity contribution in [3.05, 3.63) is 40.5 Å². The van der Waals surface area contributed by atoms with Crippen LogP contribution < -0.4 is 5.14 Å². The summed E-state index contributed by atoms with van der Waals surface area (Å²) in [4.78, 5) is 0. The molecule has 0 bridgehead atoms. The molecule has 0 amide bonds. The molecule has 0 aliphatic carbocycles. The molecule has 0 fully saturated rings. The predicted molar refractivity (Wildman–Crippen MR) is 73.4 cm³/mol. The van der Waals surface area contributed by atoms with Crippen molar-refractivity contribution in [3.63, 3.8) is 0 Å². The van der Waals surface area contributed by atoms with Crippen LogP contribution in [-0.2, 0) is 21.4 Å². The highest BCUT2D eigenvalue weighted by Crippen LogP contribution is 2.20. The molecule has 102 valence electrons. The van der Waals surface area contributed by atoms with E-state index in [0.717, 1.165) is 4.47 Å². The number of hydrogen-bond acceptors (Lipinski definition) is 4. The fraction of sp³-hybridized carbons (Fsp3) is 0.182. The molecule has 1 heterocycles. The second-order valence-electron chi connectivity index (χ2n) is 3.84. The standard InChI is InChI=1S/C11H12BrN3O3S/c1-18-7-9-6-11(19(13,16)17)15(14-9)10-4-2-3-8(12)5-10/h2-6H,7H2,1H3,(H2,13,16,17). The summed E-state index contributed by atoms with van der Waals surface area (Å²) in [6.07, 6.45) is 0. The van der Waals surface area contributed by atoms with Gasteiger partial charge in [-0.2, -0.15) is 5.10 Å². The molecular weight excluding hydrogens is 334 g/mol. The van der Waals surface area contributed by atoms with Crippen LogP contribution in [0.25, 0.3) is 5.69 Å². The third-order valence-electron chi connectivity index (χ3n) is 2.36. The van der Waals surface area contributed by atoms with E-state index in [9.17, 15) is 8.42 Å². The van der Waals surface area contributed by atoms with Crippen molar-refractivity contribution in [1.29, 1.82) is 0 Å². The molecule has 0 aliphatic heterocycles. The zero-order valence-corrected chi connectivity index (χ0v) is 12.5. The number of hydrogen-bond donors (Lipinski definition) is 1. The van der Waals surface area contributed by atoms with E-state index in [4.69, 9.17) is 9.88 Å². The van der Waals surface area contributed by atoms with E-state index in [1.807, 2.05) is 6.07 Å². The number of primary sulfonamides is 1. The maximum Gasteiger partial charge on any atom is 0.255 e. The van der Waals surface area contributed by atoms with Gasteiger partial charge in [-0.15, -0.1) is 0 Å². The van der Waals surface area contributed by atoms with Crippen LogP contribution in [0, 0.1) is 0 Å². The predicted octanol–water partition coefficient (Wildman–Crippen LogP) is 1.43. The average Bonchev–Trinajstić information content (AvgIpc) is 2.73. The van der Waals surface area contributed by atoms with E-state index in [1.165, 1.54) is 17.9 Å². The van der Waals surface area contributed by atoms with Crippen LogP contribution in [-0.4, -0.2) is 25.3 Å². The minimum absolute atomic E-state index is 0.0716. The van der Waals surface area contributed by atoms with Crippen molar-refractivity contribution in [3.8, 4) is 5.69 Å². The van der Waals surface area contributed by atoms with Gasteiger partial charge in [0, 0.05) is 17.6 Å². The van der Waals surface area contributed by atoms with Crippen LogP contribution in [0.2, 0.25) is 0 Å². The van der Waals surface area contributed by atoms with E-state index in [-0.39, 0.29) is 11.6 Å². The second kappa shape index (κ2) is 5.41. The molecule has 0 aliphatic rings. The number of ether oxygens (including phenoxy) is 1. The summed E-state index contributed by atoms with van der Waals surface area (Å²) < 4.78 is 30.2. The molecule has 0 radical (unpaired) electrons. The number of halogens is 1. The first kappa shape index (κ1) is 14.2. The minimum atomic E-state index is -3.86. The number of aromatic nitrogens is 2. The topological polar surface area (TPSA) is 87.2 Å². The Morgan fingerprint density at radius 1 is 1.42 bits per heavy atom. The quantitative estimate of drug-likeness (QED) is 0.907. The molecule has 6 nitrogen and oxygen atoms in total. The summed E-state index contributed by atoms with van der Waals surface area (Å²) >= 11 is 3.33. The van der Waals surface area contributed by atoms with Gasteiger partial charge in [-0.25, -0.2) is 18.2 Å². The molecule has 0 atom stereocenters. The van der Waals surface area contributed by atoms with Crippen molar-refractivity contribution in [2.45, 2.75) is 11.6 Å². The lowest BCUT2D eigenvalue weighted by molar-refractivity contribution is 0.181. The molecule has 2 N–H and O–H groups in total. The van der Waals surface area contributed by atoms with Crippen LogP contribution in [0.4, 0.5) is 0 Å². The van der Waals surface area contributed by atoms with E-state index in [1.54, 1.807) is 18.2 Å². The molecule has 1 aromatic heterocycles. The van der Waals surface area contributed by atoms with E-state index in [0.29, 0.717) is 11.4 Å². The van der Waals surface area contributed by atoms with Crippen LogP contribution in [0.3, 0.4) is 0 Å². The van der Waals surface area contributed by atoms with E-state index >= 15 is 0 Å². The maximum atomic E-state index is 11.6. The first-order valence-corrected chi connectivity index (χ1v) is 7.62. The summed E-state index contributed by atoms with van der Waals surface area (Å²) in [5.74, 6) is 0. The van der Waals surface area contributed by atoms with Gasteiger partial charge in [0.2, 0.25) is 0 Å². The largest absolute Gasteiger partial charge is 0.378 e. The zero-order valence-electron chi connectivity index (χ0n) is 10.1. The van der Waals surface area contributed by atoms with Crippen molar-refractivity contribution in [2.75, 3.05) is 7.11 Å². The fourth-order valence-electron chi connectivity index (χ4n) is 1.62. The summed E-state index contributed by atoms with van der Waals surface area (Å²) in [7, 11) is -2.35. The lowest BCUT2D eigenvalue weighted by Crippen LogP contribution is -2.17. The molecule has 0 saturated heterocycles. The van der Waals surface area contributed by atoms with Gasteiger partial charge in [-0.1, -0.05) is 22.0 Å². The van der Waals surface area contributed by atoms with Crippen LogP contribution in [0.5, 0.6) is 0 Å². The Hall–Kier alpha value is -1.22. The molecule has 0 unspecified atom stereocenters. The van der Waals surface area contributed by atoms with Crippen LogP contribution >= 0.6 is 15.9 Å². The Morgan fingerprint density at radius 2 is 2.16 bits per heavy atom. The number of nitrogens with zero attached hydrogens (tertiary/aromatic N) is 2. The molecule has 2 rings (SSSR count). The van der Waals surface area contributed by atoms with Gasteiger partial charge in [0.1, 0.15) is 0 Å². The van der Waals surface area contributed by atoms with Gasteiger partial charge in [0.15, 0.2) is 5.03 Å². The Labute approximate surface area is 119 Å². The molecule has 19 heavy (non-hydrogen) atoms. The minimum Gasteiger partial charge on any atom is -0.378 e. The third kappa shape index (κ3) is 3.21. The SMILES string of the molecule is COCc1cc(S(N)(=O)=O)n(-c2cccc(Br)c2)n1. The molecule has 0 saturated carbocycles. The van der Waals surface area contributed by atoms with Gasteiger partial charge in [-0.3, -0.25) is 0 Å². The lowest BCUT2D eigenvalue weighted by Gasteiger charge is -2.05. The Morgan fingerprint density at radius 3 is 2.74 bits per heavy atom. The van der Waals surface area contributed by atoms with E-state index < -0.39 is 10.0 Å². The monoisotopic (exact) mass is 345 g/mol. The molecule has 0 spiro atoms. The Bertz CT molecular complexity index is 697. The number of benzene rings is 1. The fourth-order valence-corrected chi connectivity index (χ4v) is 2.70. The smallest absolute Gasteiger partial charge is 0.255 e. The summed E-state index contributed by atoms with van der Waals surface area (Å²) in [6.45, 7) is 0.212. The molecular formula is C11H12BrN3O3S. The first-order valence-electron chi connectivity index (χ1n) is 5.28. The Balaban J connectivity index is 2.61. The molecule has 8 heteroatoms. The van der Waals surface area contributed by atoms with Gasteiger partial charge >= 0.3 is 0 Å². The third-order valence-corrected chi connectivity index (χ3v) is 3.73. The second-order valence-corrected chi connectivity index (χ2v) is 6.27. The van der Waals surface area contributed by atoms with Crippen molar-refractivity contribution in [1.82, 2.24) is 9.78 Å². The number of sulfonamides is 1. The molecule has 1 aromatic carbocycles. The normalized spacial score (nSPS) is 11.7. The van der Waals surface area contributed by atoms with Crippen LogP contribution in [0.15, 0.2) is 39.8 Å². The highest BCUT2D eigenvalue weighted by molar-refractivity contribution is 9.10. The average molecular weight is 346 g/mol. The van der Waals surface area contributed by atoms with Gasteiger partial charge < -0.3 is 4.74 Å². The highest BCUT2D eigenvalue weighted by Gasteiger charge is 2.19. The maximum absolute atomic E-state index is 11.6. The number of nitrogens with two attached hydrogens (primary N) is 1. The molecule has 2 aromatic rings. The first-order chi connectivity index (χ1) is 8.91. The van der Waals surface area contributed by atoms with Gasteiger partial charge in [-0.05, 0) is 18.2 Å². The van der Waals surface area contributed by atoms with Crippen molar-refractivity contribution in [2.24, 2.45) is 5.14 Å². The summed E-state index contributed by atoms with van der Waals surface area (Å²) in [5.41, 5.74) is 1.09.